The lowest BCUT2D eigenvalue weighted by atomic mass is 10.1. The van der Waals surface area contributed by atoms with Crippen LogP contribution in [0.25, 0.3) is 0 Å². The molecule has 0 radical (unpaired) electrons. The van der Waals surface area contributed by atoms with Gasteiger partial charge in [-0.25, -0.2) is 4.79 Å². The molecule has 0 saturated heterocycles. The molecule has 0 saturated carbocycles. The highest BCUT2D eigenvalue weighted by molar-refractivity contribution is 5.66. The van der Waals surface area contributed by atoms with Gasteiger partial charge in [0.2, 0.25) is 0 Å². The second kappa shape index (κ2) is 7.86. The van der Waals surface area contributed by atoms with E-state index in [1.54, 1.807) is 6.92 Å². The maximum atomic E-state index is 10.8. The van der Waals surface area contributed by atoms with E-state index in [1.807, 2.05) is 6.92 Å². The van der Waals surface area contributed by atoms with E-state index in [9.17, 15) is 4.79 Å². The first-order chi connectivity index (χ1) is 6.20. The molecule has 0 aromatic carbocycles. The molecule has 13 heavy (non-hydrogen) atoms. The Labute approximate surface area is 79.3 Å². The summed E-state index contributed by atoms with van der Waals surface area (Å²) in [6.07, 6.45) is 1.43. The van der Waals surface area contributed by atoms with Crippen LogP contribution in [0, 0.1) is 5.92 Å². The number of hydrogen-bond acceptors (Lipinski definition) is 3. The Morgan fingerprint density at radius 1 is 1.62 bits per heavy atom. The molecule has 0 aromatic rings. The minimum atomic E-state index is -0.362. The molecule has 1 unspecified atom stereocenters. The van der Waals surface area contributed by atoms with Gasteiger partial charge in [0.05, 0.1) is 6.61 Å². The molecule has 0 rings (SSSR count). The van der Waals surface area contributed by atoms with E-state index >= 15 is 0 Å². The predicted octanol–water partition coefficient (Wildman–Crippen LogP) is 1.14. The van der Waals surface area contributed by atoms with Gasteiger partial charge in [-0.1, -0.05) is 6.92 Å². The van der Waals surface area contributed by atoms with Crippen molar-refractivity contribution >= 4 is 6.09 Å². The lowest BCUT2D eigenvalue weighted by molar-refractivity contribution is 0.151. The maximum Gasteiger partial charge on any atom is 0.407 e. The molecule has 0 aliphatic carbocycles. The van der Waals surface area contributed by atoms with E-state index in [0.717, 1.165) is 12.8 Å². The van der Waals surface area contributed by atoms with E-state index < -0.39 is 0 Å². The molecule has 0 heterocycles. The molecule has 0 spiro atoms. The van der Waals surface area contributed by atoms with Crippen LogP contribution in [0.2, 0.25) is 0 Å². The third kappa shape index (κ3) is 7.59. The van der Waals surface area contributed by atoms with Gasteiger partial charge in [-0.15, -0.1) is 0 Å². The Hall–Kier alpha value is -0.770. The van der Waals surface area contributed by atoms with Crippen molar-refractivity contribution in [2.24, 2.45) is 5.92 Å². The molecule has 0 aromatic heterocycles. The van der Waals surface area contributed by atoms with Gasteiger partial charge in [0.15, 0.2) is 0 Å². The molecule has 0 aliphatic heterocycles. The van der Waals surface area contributed by atoms with Crippen LogP contribution < -0.4 is 5.32 Å². The summed E-state index contributed by atoms with van der Waals surface area (Å²) in [4.78, 5) is 10.8. The van der Waals surface area contributed by atoms with E-state index in [2.05, 4.69) is 10.1 Å². The number of carbonyl (C=O) groups is 1. The Balaban J connectivity index is 3.20. The smallest absolute Gasteiger partial charge is 0.407 e. The number of aliphatic hydroxyl groups excluding tert-OH is 1. The highest BCUT2D eigenvalue weighted by Crippen LogP contribution is 2.02. The van der Waals surface area contributed by atoms with Crippen LogP contribution in [-0.4, -0.2) is 31.0 Å². The van der Waals surface area contributed by atoms with Crippen LogP contribution in [0.1, 0.15) is 26.7 Å². The van der Waals surface area contributed by atoms with Gasteiger partial charge in [-0.05, 0) is 25.7 Å². The van der Waals surface area contributed by atoms with Crippen molar-refractivity contribution in [2.75, 3.05) is 19.8 Å². The zero-order chi connectivity index (χ0) is 10.1. The minimum Gasteiger partial charge on any atom is -0.450 e. The first-order valence-corrected chi connectivity index (χ1v) is 4.72. The summed E-state index contributed by atoms with van der Waals surface area (Å²) in [5, 5.41) is 11.3. The Bertz CT molecular complexity index is 139. The van der Waals surface area contributed by atoms with Crippen molar-refractivity contribution in [1.82, 2.24) is 5.32 Å². The lowest BCUT2D eigenvalue weighted by Crippen LogP contribution is -2.25. The van der Waals surface area contributed by atoms with Gasteiger partial charge in [0.25, 0.3) is 0 Å². The monoisotopic (exact) mass is 189 g/mol. The Morgan fingerprint density at radius 3 is 2.85 bits per heavy atom. The van der Waals surface area contributed by atoms with E-state index in [4.69, 9.17) is 5.11 Å². The molecule has 78 valence electrons. The third-order valence-electron chi connectivity index (χ3n) is 1.73. The van der Waals surface area contributed by atoms with Crippen molar-refractivity contribution in [2.45, 2.75) is 26.7 Å². The molecular weight excluding hydrogens is 170 g/mol. The summed E-state index contributed by atoms with van der Waals surface area (Å²) >= 11 is 0. The van der Waals surface area contributed by atoms with E-state index in [1.165, 1.54) is 0 Å². The van der Waals surface area contributed by atoms with Gasteiger partial charge in [-0.2, -0.15) is 0 Å². The van der Waals surface area contributed by atoms with Gasteiger partial charge < -0.3 is 15.2 Å². The summed E-state index contributed by atoms with van der Waals surface area (Å²) < 4.78 is 4.68. The molecule has 4 nitrogen and oxygen atoms in total. The number of nitrogens with one attached hydrogen (secondary N) is 1. The molecule has 2 N–H and O–H groups in total. The molecular formula is C9H19NO3. The predicted molar refractivity (Wildman–Crippen MR) is 50.5 cm³/mol. The first-order valence-electron chi connectivity index (χ1n) is 4.72. The second-order valence-corrected chi connectivity index (χ2v) is 3.08. The van der Waals surface area contributed by atoms with Crippen molar-refractivity contribution in [3.05, 3.63) is 0 Å². The fourth-order valence-corrected chi connectivity index (χ4v) is 0.914. The van der Waals surface area contributed by atoms with Crippen LogP contribution in [-0.2, 0) is 4.74 Å². The third-order valence-corrected chi connectivity index (χ3v) is 1.73. The van der Waals surface area contributed by atoms with Crippen LogP contribution in [0.3, 0.4) is 0 Å². The number of carbonyl (C=O) groups excluding carboxylic acids is 1. The zero-order valence-corrected chi connectivity index (χ0v) is 8.38. The summed E-state index contributed by atoms with van der Waals surface area (Å²) in [7, 11) is 0. The van der Waals surface area contributed by atoms with Crippen LogP contribution in [0.5, 0.6) is 0 Å². The van der Waals surface area contributed by atoms with Gasteiger partial charge in [0, 0.05) is 13.2 Å². The standard InChI is InChI=1S/C9H19NO3/c1-3-13-9(12)10-6-4-5-8(2)7-11/h8,11H,3-7H2,1-2H3,(H,10,12). The number of amides is 1. The molecule has 0 aliphatic rings. The topological polar surface area (TPSA) is 58.6 Å². The summed E-state index contributed by atoms with van der Waals surface area (Å²) in [6, 6.07) is 0. The average molecular weight is 189 g/mol. The van der Waals surface area contributed by atoms with Gasteiger partial charge in [0.1, 0.15) is 0 Å². The van der Waals surface area contributed by atoms with Crippen LogP contribution in [0.15, 0.2) is 0 Å². The molecule has 1 amide bonds. The quantitative estimate of drug-likeness (QED) is 0.616. The first kappa shape index (κ1) is 12.2. The zero-order valence-electron chi connectivity index (χ0n) is 8.38. The number of alkyl carbamates (subject to hydrolysis) is 1. The average Bonchev–Trinajstić information content (AvgIpc) is 2.12. The van der Waals surface area contributed by atoms with Crippen LogP contribution in [0.4, 0.5) is 4.79 Å². The maximum absolute atomic E-state index is 10.8. The summed E-state index contributed by atoms with van der Waals surface area (Å²) in [5.41, 5.74) is 0. The molecule has 0 fully saturated rings. The van der Waals surface area contributed by atoms with E-state index in [-0.39, 0.29) is 12.7 Å². The van der Waals surface area contributed by atoms with Crippen molar-refractivity contribution < 1.29 is 14.6 Å². The van der Waals surface area contributed by atoms with Crippen molar-refractivity contribution in [1.29, 1.82) is 0 Å². The van der Waals surface area contributed by atoms with Gasteiger partial charge >= 0.3 is 6.09 Å². The van der Waals surface area contributed by atoms with E-state index in [0.29, 0.717) is 19.1 Å². The molecule has 1 atom stereocenters. The number of rotatable bonds is 6. The Kier molecular flexibility index (Phi) is 7.39. The highest BCUT2D eigenvalue weighted by Gasteiger charge is 2.01. The number of hydrogen-bond donors (Lipinski definition) is 2. The van der Waals surface area contributed by atoms with Crippen molar-refractivity contribution in [3.8, 4) is 0 Å². The SMILES string of the molecule is CCOC(=O)NCCCC(C)CO. The largest absolute Gasteiger partial charge is 0.450 e. The summed E-state index contributed by atoms with van der Waals surface area (Å²) in [6.45, 7) is 4.97. The summed E-state index contributed by atoms with van der Waals surface area (Å²) in [5.74, 6) is 0.309. The molecule has 0 bridgehead atoms. The number of aliphatic hydroxyl groups is 1. The second-order valence-electron chi connectivity index (χ2n) is 3.08. The fraction of sp³-hybridized carbons (Fsp3) is 0.889. The highest BCUT2D eigenvalue weighted by atomic mass is 16.5. The Morgan fingerprint density at radius 2 is 2.31 bits per heavy atom. The minimum absolute atomic E-state index is 0.208. The lowest BCUT2D eigenvalue weighted by Gasteiger charge is -2.08. The fourth-order valence-electron chi connectivity index (χ4n) is 0.914. The molecule has 4 heteroatoms. The van der Waals surface area contributed by atoms with Gasteiger partial charge in [-0.3, -0.25) is 0 Å². The normalized spacial score (nSPS) is 12.2. The van der Waals surface area contributed by atoms with Crippen molar-refractivity contribution in [3.63, 3.8) is 0 Å². The van der Waals surface area contributed by atoms with Crippen LogP contribution >= 0.6 is 0 Å². The number of ether oxygens (including phenoxy) is 1.